The molecule has 1 saturated heterocycles. The number of hydrogen-bond donors (Lipinski definition) is 2. The summed E-state index contributed by atoms with van der Waals surface area (Å²) in [5.41, 5.74) is 8.70. The zero-order valence-electron chi connectivity index (χ0n) is 11.7. The molecule has 1 aromatic rings. The number of imidazole rings is 1. The molecule has 0 bridgehead atoms. The summed E-state index contributed by atoms with van der Waals surface area (Å²) in [7, 11) is 1.75. The molecule has 1 fully saturated rings. The van der Waals surface area contributed by atoms with Gasteiger partial charge in [0.2, 0.25) is 0 Å². The number of aryl methyl sites for hydroxylation is 2. The van der Waals surface area contributed by atoms with Crippen LogP contribution < -0.4 is 5.73 Å². The number of piperidine rings is 1. The van der Waals surface area contributed by atoms with E-state index >= 15 is 0 Å². The van der Waals surface area contributed by atoms with Gasteiger partial charge in [-0.1, -0.05) is 0 Å². The van der Waals surface area contributed by atoms with E-state index in [1.807, 2.05) is 0 Å². The van der Waals surface area contributed by atoms with Crippen LogP contribution in [0.1, 0.15) is 36.5 Å². The van der Waals surface area contributed by atoms with Crippen LogP contribution in [0.25, 0.3) is 0 Å². The van der Waals surface area contributed by atoms with Crippen molar-refractivity contribution in [3.05, 3.63) is 17.2 Å². The molecule has 5 nitrogen and oxygen atoms in total. The molecule has 0 aromatic carbocycles. The molecule has 106 valence electrons. The van der Waals surface area contributed by atoms with Gasteiger partial charge < -0.3 is 15.5 Å². The van der Waals surface area contributed by atoms with E-state index in [1.54, 1.807) is 7.11 Å². The highest BCUT2D eigenvalue weighted by atomic mass is 16.5. The van der Waals surface area contributed by atoms with Crippen LogP contribution >= 0.6 is 0 Å². The quantitative estimate of drug-likeness (QED) is 0.849. The number of ether oxygens (including phenoxy) is 1. The Kier molecular flexibility index (Phi) is 3.86. The van der Waals surface area contributed by atoms with E-state index in [0.717, 1.165) is 44.7 Å². The van der Waals surface area contributed by atoms with Crippen molar-refractivity contribution in [2.75, 3.05) is 20.2 Å². The molecule has 19 heavy (non-hydrogen) atoms. The Morgan fingerprint density at radius 1 is 1.42 bits per heavy atom. The minimum absolute atomic E-state index is 0.151. The van der Waals surface area contributed by atoms with Crippen LogP contribution in [0.15, 0.2) is 0 Å². The van der Waals surface area contributed by atoms with Crippen molar-refractivity contribution in [1.82, 2.24) is 14.9 Å². The molecule has 1 aliphatic carbocycles. The van der Waals surface area contributed by atoms with Crippen molar-refractivity contribution in [1.29, 1.82) is 0 Å². The predicted octanol–water partition coefficient (Wildman–Crippen LogP) is 0.836. The molecule has 3 N–H and O–H groups in total. The highest BCUT2D eigenvalue weighted by Gasteiger charge is 2.27. The molecule has 2 unspecified atom stereocenters. The van der Waals surface area contributed by atoms with Crippen LogP contribution in [0.4, 0.5) is 0 Å². The molecule has 3 rings (SSSR count). The van der Waals surface area contributed by atoms with E-state index in [4.69, 9.17) is 15.5 Å². The third kappa shape index (κ3) is 2.83. The average Bonchev–Trinajstić information content (AvgIpc) is 2.83. The third-order valence-corrected chi connectivity index (χ3v) is 4.37. The second kappa shape index (κ2) is 5.61. The first-order valence-electron chi connectivity index (χ1n) is 7.33. The van der Waals surface area contributed by atoms with Crippen molar-refractivity contribution >= 4 is 0 Å². The van der Waals surface area contributed by atoms with Gasteiger partial charge in [-0.25, -0.2) is 4.98 Å². The molecule has 0 spiro atoms. The predicted molar refractivity (Wildman–Crippen MR) is 73.9 cm³/mol. The summed E-state index contributed by atoms with van der Waals surface area (Å²) in [6.45, 7) is 2.83. The number of hydrogen-bond acceptors (Lipinski definition) is 4. The van der Waals surface area contributed by atoms with Crippen LogP contribution in [0.2, 0.25) is 0 Å². The van der Waals surface area contributed by atoms with Gasteiger partial charge in [-0.15, -0.1) is 0 Å². The number of H-pyrrole nitrogens is 1. The van der Waals surface area contributed by atoms with Crippen LogP contribution in [-0.2, 0) is 24.1 Å². The van der Waals surface area contributed by atoms with E-state index in [9.17, 15) is 0 Å². The number of nitrogens with two attached hydrogens (primary N) is 1. The summed E-state index contributed by atoms with van der Waals surface area (Å²) >= 11 is 0. The summed E-state index contributed by atoms with van der Waals surface area (Å²) in [5.74, 6) is 1.11. The molecule has 1 aliphatic heterocycles. The number of fused-ring (bicyclic) bond motifs is 1. The fourth-order valence-corrected chi connectivity index (χ4v) is 3.19. The summed E-state index contributed by atoms with van der Waals surface area (Å²) in [6.07, 6.45) is 6.02. The highest BCUT2D eigenvalue weighted by molar-refractivity contribution is 5.17. The zero-order chi connectivity index (χ0) is 13.2. The van der Waals surface area contributed by atoms with Crippen LogP contribution in [-0.4, -0.2) is 47.2 Å². The summed E-state index contributed by atoms with van der Waals surface area (Å²) in [4.78, 5) is 10.6. The van der Waals surface area contributed by atoms with E-state index in [-0.39, 0.29) is 12.1 Å². The van der Waals surface area contributed by atoms with Gasteiger partial charge in [0.1, 0.15) is 5.82 Å². The first kappa shape index (κ1) is 13.1. The third-order valence-electron chi connectivity index (χ3n) is 4.37. The fraction of sp³-hybridized carbons (Fsp3) is 0.786. The molecule has 2 heterocycles. The van der Waals surface area contributed by atoms with E-state index in [0.29, 0.717) is 0 Å². The number of aromatic nitrogens is 2. The molecular weight excluding hydrogens is 240 g/mol. The number of nitrogens with one attached hydrogen (secondary N) is 1. The smallest absolute Gasteiger partial charge is 0.120 e. The van der Waals surface area contributed by atoms with Crippen molar-refractivity contribution in [3.63, 3.8) is 0 Å². The Hall–Kier alpha value is -0.910. The Morgan fingerprint density at radius 2 is 2.26 bits per heavy atom. The van der Waals surface area contributed by atoms with Gasteiger partial charge in [0.25, 0.3) is 0 Å². The molecule has 0 amide bonds. The van der Waals surface area contributed by atoms with Gasteiger partial charge >= 0.3 is 0 Å². The monoisotopic (exact) mass is 264 g/mol. The second-order valence-electron chi connectivity index (χ2n) is 5.78. The Labute approximate surface area is 114 Å². The highest BCUT2D eigenvalue weighted by Crippen LogP contribution is 2.20. The zero-order valence-corrected chi connectivity index (χ0v) is 11.7. The molecule has 5 heteroatoms. The lowest BCUT2D eigenvalue weighted by molar-refractivity contribution is 0.0133. The number of likely N-dealkylation sites (tertiary alicyclic amines) is 1. The largest absolute Gasteiger partial charge is 0.379 e. The second-order valence-corrected chi connectivity index (χ2v) is 5.78. The van der Waals surface area contributed by atoms with Gasteiger partial charge in [0.15, 0.2) is 0 Å². The van der Waals surface area contributed by atoms with Gasteiger partial charge in [0.05, 0.1) is 18.3 Å². The molecular formula is C14H24N4O. The van der Waals surface area contributed by atoms with Crippen LogP contribution in [0.5, 0.6) is 0 Å². The minimum Gasteiger partial charge on any atom is -0.379 e. The SMILES string of the molecule is COC1CN(Cc2nc3c([nH]2)CCCC3)CCC1N. The van der Waals surface area contributed by atoms with Crippen molar-refractivity contribution in [2.24, 2.45) is 5.73 Å². The minimum atomic E-state index is 0.151. The van der Waals surface area contributed by atoms with E-state index in [2.05, 4.69) is 9.88 Å². The topological polar surface area (TPSA) is 67.2 Å². The maximum Gasteiger partial charge on any atom is 0.120 e. The van der Waals surface area contributed by atoms with Gasteiger partial charge in [-0.3, -0.25) is 4.90 Å². The molecule has 0 saturated carbocycles. The first-order valence-corrected chi connectivity index (χ1v) is 7.33. The lowest BCUT2D eigenvalue weighted by Gasteiger charge is -2.35. The van der Waals surface area contributed by atoms with Crippen molar-refractivity contribution < 1.29 is 4.74 Å². The van der Waals surface area contributed by atoms with E-state index < -0.39 is 0 Å². The Morgan fingerprint density at radius 3 is 3.05 bits per heavy atom. The fourth-order valence-electron chi connectivity index (χ4n) is 3.19. The van der Waals surface area contributed by atoms with E-state index in [1.165, 1.54) is 24.2 Å². The number of rotatable bonds is 3. The molecule has 0 radical (unpaired) electrons. The lowest BCUT2D eigenvalue weighted by Crippen LogP contribution is -2.51. The van der Waals surface area contributed by atoms with Crippen LogP contribution in [0.3, 0.4) is 0 Å². The molecule has 1 aromatic heterocycles. The number of methoxy groups -OCH3 is 1. The Bertz CT molecular complexity index is 408. The summed E-state index contributed by atoms with van der Waals surface area (Å²) < 4.78 is 5.46. The maximum absolute atomic E-state index is 6.05. The lowest BCUT2D eigenvalue weighted by atomic mass is 10.0. The first-order chi connectivity index (χ1) is 9.26. The standard InChI is InChI=1S/C14H24N4O/c1-19-13-8-18(7-6-10(13)15)9-14-16-11-4-2-3-5-12(11)17-14/h10,13H,2-9,15H2,1H3,(H,16,17). The van der Waals surface area contributed by atoms with Gasteiger partial charge in [-0.2, -0.15) is 0 Å². The number of aromatic amines is 1. The van der Waals surface area contributed by atoms with Crippen molar-refractivity contribution in [3.8, 4) is 0 Å². The van der Waals surface area contributed by atoms with Crippen molar-refractivity contribution in [2.45, 2.75) is 50.8 Å². The normalized spacial score (nSPS) is 28.3. The Balaban J connectivity index is 1.63. The maximum atomic E-state index is 6.05. The molecule has 2 atom stereocenters. The molecule has 2 aliphatic rings. The summed E-state index contributed by atoms with van der Waals surface area (Å²) in [6, 6.07) is 0.172. The summed E-state index contributed by atoms with van der Waals surface area (Å²) in [5, 5.41) is 0. The van der Waals surface area contributed by atoms with Gasteiger partial charge in [-0.05, 0) is 32.1 Å². The van der Waals surface area contributed by atoms with Crippen LogP contribution in [0, 0.1) is 0 Å². The average molecular weight is 264 g/mol. The number of nitrogens with zero attached hydrogens (tertiary/aromatic N) is 2. The van der Waals surface area contributed by atoms with Gasteiger partial charge in [0, 0.05) is 31.9 Å².